The van der Waals surface area contributed by atoms with Crippen LogP contribution in [0, 0.1) is 12.7 Å². The van der Waals surface area contributed by atoms with Gasteiger partial charge in [-0.15, -0.1) is 0 Å². The molecule has 1 heterocycles. The molecule has 0 spiro atoms. The monoisotopic (exact) mass is 360 g/mol. The van der Waals surface area contributed by atoms with Crippen LogP contribution in [0.3, 0.4) is 0 Å². The van der Waals surface area contributed by atoms with Crippen molar-refractivity contribution in [2.24, 2.45) is 0 Å². The Morgan fingerprint density at radius 2 is 1.88 bits per heavy atom. The Bertz CT molecular complexity index is 913. The molecule has 0 fully saturated rings. The summed E-state index contributed by atoms with van der Waals surface area (Å²) in [7, 11) is 0. The number of aromatic nitrogens is 2. The highest BCUT2D eigenvalue weighted by Gasteiger charge is 2.10. The molecule has 0 aliphatic carbocycles. The van der Waals surface area contributed by atoms with E-state index in [2.05, 4.69) is 20.6 Å². The number of halogens is 2. The molecule has 128 valence electrons. The maximum Gasteiger partial charge on any atom is 0.229 e. The van der Waals surface area contributed by atoms with E-state index in [9.17, 15) is 14.6 Å². The number of nitrogens with one attached hydrogen (secondary N) is 2. The summed E-state index contributed by atoms with van der Waals surface area (Å²) in [6.07, 6.45) is 1.02. The minimum absolute atomic E-state index is 0.00141. The van der Waals surface area contributed by atoms with Gasteiger partial charge in [-0.3, -0.25) is 0 Å². The molecule has 3 rings (SSSR count). The van der Waals surface area contributed by atoms with Gasteiger partial charge in [-0.2, -0.15) is 4.98 Å². The molecule has 1 aromatic heterocycles. The summed E-state index contributed by atoms with van der Waals surface area (Å²) >= 11 is 5.94. The van der Waals surface area contributed by atoms with Gasteiger partial charge in [0.2, 0.25) is 5.95 Å². The van der Waals surface area contributed by atoms with Crippen molar-refractivity contribution in [1.82, 2.24) is 9.97 Å². The van der Waals surface area contributed by atoms with Crippen LogP contribution < -0.4 is 10.6 Å². The van der Waals surface area contributed by atoms with Crippen molar-refractivity contribution in [2.75, 3.05) is 10.6 Å². The van der Waals surface area contributed by atoms with Crippen LogP contribution >= 0.6 is 11.6 Å². The molecule has 0 unspecified atom stereocenters. The van der Waals surface area contributed by atoms with E-state index in [4.69, 9.17) is 11.6 Å². The molecule has 0 saturated carbocycles. The molecular weight excluding hydrogens is 347 g/mol. The lowest BCUT2D eigenvalue weighted by Gasteiger charge is -2.11. The zero-order valence-corrected chi connectivity index (χ0v) is 13.8. The fraction of sp³-hybridized carbons (Fsp3) is 0.0588. The molecule has 0 atom stereocenters. The third-order valence-electron chi connectivity index (χ3n) is 3.36. The number of nitrogens with zero attached hydrogens (tertiary/aromatic N) is 2. The topological polar surface area (TPSA) is 90.3 Å². The molecule has 0 amide bonds. The summed E-state index contributed by atoms with van der Waals surface area (Å²) in [6, 6.07) is 9.41. The lowest BCUT2D eigenvalue weighted by molar-refractivity contribution is 0.471. The van der Waals surface area contributed by atoms with E-state index in [0.717, 1.165) is 6.20 Å². The Labute approximate surface area is 148 Å². The summed E-state index contributed by atoms with van der Waals surface area (Å²) in [5.41, 5.74) is 1.61. The average molecular weight is 361 g/mol. The van der Waals surface area contributed by atoms with E-state index in [1.165, 1.54) is 18.2 Å². The zero-order valence-electron chi connectivity index (χ0n) is 13.1. The number of anilines is 4. The first-order chi connectivity index (χ1) is 11.9. The van der Waals surface area contributed by atoms with Crippen molar-refractivity contribution in [1.29, 1.82) is 0 Å². The number of rotatable bonds is 4. The van der Waals surface area contributed by atoms with Crippen LogP contribution in [-0.4, -0.2) is 20.2 Å². The standard InChI is InChI=1S/C17H14ClFN4O2/c1-9-5-11(7-13(18)15(9)25)22-17-20-8-14(19)16(23-17)21-10-3-2-4-12(24)6-10/h2-8,24-25H,1H3,(H2,20,21,22,23). The summed E-state index contributed by atoms with van der Waals surface area (Å²) in [4.78, 5) is 7.96. The fourth-order valence-corrected chi connectivity index (χ4v) is 2.44. The van der Waals surface area contributed by atoms with Gasteiger partial charge < -0.3 is 20.8 Å². The maximum atomic E-state index is 13.9. The predicted octanol–water partition coefficient (Wildman–Crippen LogP) is 4.48. The molecule has 0 aliphatic rings. The van der Waals surface area contributed by atoms with Gasteiger partial charge in [0.25, 0.3) is 0 Å². The van der Waals surface area contributed by atoms with Gasteiger partial charge in [0, 0.05) is 17.4 Å². The number of phenols is 2. The highest BCUT2D eigenvalue weighted by molar-refractivity contribution is 6.32. The van der Waals surface area contributed by atoms with Crippen LogP contribution in [0.5, 0.6) is 11.5 Å². The van der Waals surface area contributed by atoms with Gasteiger partial charge in [0.15, 0.2) is 11.6 Å². The number of phenolic OH excluding ortho intramolecular Hbond substituents is 2. The second-order valence-electron chi connectivity index (χ2n) is 5.31. The molecule has 2 aromatic carbocycles. The van der Waals surface area contributed by atoms with Crippen LogP contribution in [0.15, 0.2) is 42.6 Å². The average Bonchev–Trinajstić information content (AvgIpc) is 2.56. The van der Waals surface area contributed by atoms with Crippen molar-refractivity contribution in [3.8, 4) is 11.5 Å². The molecule has 0 aliphatic heterocycles. The zero-order chi connectivity index (χ0) is 18.0. The van der Waals surface area contributed by atoms with E-state index in [1.54, 1.807) is 25.1 Å². The molecule has 8 heteroatoms. The molecule has 4 N–H and O–H groups in total. The third kappa shape index (κ3) is 3.89. The van der Waals surface area contributed by atoms with E-state index in [0.29, 0.717) is 16.9 Å². The maximum absolute atomic E-state index is 13.9. The van der Waals surface area contributed by atoms with E-state index in [-0.39, 0.29) is 28.3 Å². The predicted molar refractivity (Wildman–Crippen MR) is 94.5 cm³/mol. The number of aromatic hydroxyl groups is 2. The third-order valence-corrected chi connectivity index (χ3v) is 3.65. The largest absolute Gasteiger partial charge is 0.508 e. The SMILES string of the molecule is Cc1cc(Nc2ncc(F)c(Nc3cccc(O)c3)n2)cc(Cl)c1O. The number of hydrogen-bond acceptors (Lipinski definition) is 6. The van der Waals surface area contributed by atoms with Crippen LogP contribution in [0.1, 0.15) is 5.56 Å². The van der Waals surface area contributed by atoms with Crippen LogP contribution in [0.25, 0.3) is 0 Å². The first-order valence-corrected chi connectivity index (χ1v) is 7.65. The van der Waals surface area contributed by atoms with E-state index >= 15 is 0 Å². The molecule has 6 nitrogen and oxygen atoms in total. The highest BCUT2D eigenvalue weighted by atomic mass is 35.5. The van der Waals surface area contributed by atoms with Gasteiger partial charge in [-0.25, -0.2) is 9.37 Å². The molecular formula is C17H14ClFN4O2. The van der Waals surface area contributed by atoms with E-state index < -0.39 is 5.82 Å². The Morgan fingerprint density at radius 1 is 1.08 bits per heavy atom. The quantitative estimate of drug-likeness (QED) is 0.513. The Morgan fingerprint density at radius 3 is 2.60 bits per heavy atom. The number of hydrogen-bond donors (Lipinski definition) is 4. The van der Waals surface area contributed by atoms with Crippen molar-refractivity contribution < 1.29 is 14.6 Å². The first kappa shape index (κ1) is 16.8. The summed E-state index contributed by atoms with van der Waals surface area (Å²) < 4.78 is 13.9. The lowest BCUT2D eigenvalue weighted by atomic mass is 10.2. The lowest BCUT2D eigenvalue weighted by Crippen LogP contribution is -2.03. The van der Waals surface area contributed by atoms with Crippen molar-refractivity contribution in [3.05, 3.63) is 59.0 Å². The highest BCUT2D eigenvalue weighted by Crippen LogP contribution is 2.31. The second-order valence-corrected chi connectivity index (χ2v) is 5.72. The van der Waals surface area contributed by atoms with Gasteiger partial charge in [-0.1, -0.05) is 17.7 Å². The van der Waals surface area contributed by atoms with Gasteiger partial charge in [0.05, 0.1) is 11.2 Å². The summed E-state index contributed by atoms with van der Waals surface area (Å²) in [5, 5.41) is 25.0. The summed E-state index contributed by atoms with van der Waals surface area (Å²) in [6.45, 7) is 1.70. The smallest absolute Gasteiger partial charge is 0.229 e. The Hall–Kier alpha value is -3.06. The normalized spacial score (nSPS) is 10.5. The molecule has 0 bridgehead atoms. The number of benzene rings is 2. The Balaban J connectivity index is 1.86. The van der Waals surface area contributed by atoms with E-state index in [1.807, 2.05) is 0 Å². The van der Waals surface area contributed by atoms with Gasteiger partial charge in [-0.05, 0) is 36.8 Å². The molecule has 3 aromatic rings. The Kier molecular flexibility index (Phi) is 4.58. The fourth-order valence-electron chi connectivity index (χ4n) is 2.17. The molecule has 0 saturated heterocycles. The number of aryl methyl sites for hydroxylation is 1. The van der Waals surface area contributed by atoms with Crippen molar-refractivity contribution >= 4 is 34.7 Å². The van der Waals surface area contributed by atoms with Crippen molar-refractivity contribution in [2.45, 2.75) is 6.92 Å². The first-order valence-electron chi connectivity index (χ1n) is 7.27. The molecule has 0 radical (unpaired) electrons. The minimum Gasteiger partial charge on any atom is -0.508 e. The second kappa shape index (κ2) is 6.82. The van der Waals surface area contributed by atoms with Crippen molar-refractivity contribution in [3.63, 3.8) is 0 Å². The minimum atomic E-state index is -0.645. The van der Waals surface area contributed by atoms with Gasteiger partial charge >= 0.3 is 0 Å². The summed E-state index contributed by atoms with van der Waals surface area (Å²) in [5.74, 6) is -0.505. The van der Waals surface area contributed by atoms with Crippen LogP contribution in [0.2, 0.25) is 5.02 Å². The molecule has 25 heavy (non-hydrogen) atoms. The van der Waals surface area contributed by atoms with Crippen LogP contribution in [0.4, 0.5) is 27.5 Å². The van der Waals surface area contributed by atoms with Crippen LogP contribution in [-0.2, 0) is 0 Å². The van der Waals surface area contributed by atoms with Gasteiger partial charge in [0.1, 0.15) is 11.5 Å².